The normalized spacial score (nSPS) is 15.7. The van der Waals surface area contributed by atoms with Crippen molar-refractivity contribution in [2.45, 2.75) is 19.8 Å². The number of nitrogens with one attached hydrogen (secondary N) is 1. The summed E-state index contributed by atoms with van der Waals surface area (Å²) in [5.41, 5.74) is 3.19. The predicted octanol–water partition coefficient (Wildman–Crippen LogP) is 5.19. The third-order valence-electron chi connectivity index (χ3n) is 5.77. The fraction of sp³-hybridized carbons (Fsp3) is 0.192. The highest BCUT2D eigenvalue weighted by molar-refractivity contribution is 7.97. The summed E-state index contributed by atoms with van der Waals surface area (Å²) in [5, 5.41) is 3.33. The number of nitrogens with zero attached hydrogens (tertiary/aromatic N) is 1. The predicted molar refractivity (Wildman–Crippen MR) is 134 cm³/mol. The molecule has 1 unspecified atom stereocenters. The molecule has 1 aliphatic rings. The third kappa shape index (κ3) is 4.41. The molecule has 7 heteroatoms. The van der Waals surface area contributed by atoms with Crippen LogP contribution in [0.15, 0.2) is 83.8 Å². The standard InChI is InChI=1S/C26H25ClN2O3S/c1-3-29-23-15-14-21(27)16-22(23)24(20-12-8-5-9-13-20)25(33(29,31)32)26(30)28-17-18(2)19-10-6-4-7-11-19/h4-16,18H,3,17H2,1-2H3,(H,28,30). The molecule has 0 fully saturated rings. The maximum absolute atomic E-state index is 13.7. The summed E-state index contributed by atoms with van der Waals surface area (Å²) in [6.07, 6.45) is 0. The molecular weight excluding hydrogens is 456 g/mol. The Morgan fingerprint density at radius 2 is 1.64 bits per heavy atom. The summed E-state index contributed by atoms with van der Waals surface area (Å²) in [7, 11) is -4.09. The van der Waals surface area contributed by atoms with E-state index < -0.39 is 15.9 Å². The SMILES string of the molecule is CCN1c2ccc(Cl)cc2C(c2ccccc2)=C(C(=O)NCC(C)c2ccccc2)S1(=O)=O. The number of amides is 1. The van der Waals surface area contributed by atoms with Crippen molar-refractivity contribution in [2.24, 2.45) is 0 Å². The second kappa shape index (κ2) is 9.41. The van der Waals surface area contributed by atoms with Crippen molar-refractivity contribution >= 4 is 38.8 Å². The van der Waals surface area contributed by atoms with E-state index in [1.165, 1.54) is 4.31 Å². The van der Waals surface area contributed by atoms with Crippen LogP contribution in [0.2, 0.25) is 5.02 Å². The average molecular weight is 481 g/mol. The Kier molecular flexibility index (Phi) is 6.58. The van der Waals surface area contributed by atoms with Gasteiger partial charge in [-0.2, -0.15) is 0 Å². The molecular formula is C26H25ClN2O3S. The van der Waals surface area contributed by atoms with Gasteiger partial charge in [0.05, 0.1) is 5.69 Å². The van der Waals surface area contributed by atoms with E-state index in [-0.39, 0.29) is 17.4 Å². The number of anilines is 1. The first kappa shape index (κ1) is 23.1. The molecule has 4 rings (SSSR count). The van der Waals surface area contributed by atoms with Crippen LogP contribution in [0.25, 0.3) is 5.57 Å². The molecule has 0 aromatic heterocycles. The first-order chi connectivity index (χ1) is 15.8. The fourth-order valence-electron chi connectivity index (χ4n) is 4.10. The molecule has 33 heavy (non-hydrogen) atoms. The lowest BCUT2D eigenvalue weighted by Crippen LogP contribution is -2.42. The minimum absolute atomic E-state index is 0.0197. The van der Waals surface area contributed by atoms with E-state index in [1.54, 1.807) is 37.3 Å². The Morgan fingerprint density at radius 1 is 1.00 bits per heavy atom. The van der Waals surface area contributed by atoms with Crippen LogP contribution in [0.1, 0.15) is 36.5 Å². The highest BCUT2D eigenvalue weighted by atomic mass is 35.5. The van der Waals surface area contributed by atoms with Gasteiger partial charge in [-0.25, -0.2) is 8.42 Å². The first-order valence-corrected chi connectivity index (χ1v) is 12.6. The van der Waals surface area contributed by atoms with E-state index in [0.29, 0.717) is 34.0 Å². The van der Waals surface area contributed by atoms with Crippen LogP contribution in [-0.4, -0.2) is 27.4 Å². The highest BCUT2D eigenvalue weighted by Gasteiger charge is 2.40. The maximum atomic E-state index is 13.7. The summed E-state index contributed by atoms with van der Waals surface area (Å²) in [6, 6.07) is 23.9. The van der Waals surface area contributed by atoms with Crippen molar-refractivity contribution < 1.29 is 13.2 Å². The van der Waals surface area contributed by atoms with Gasteiger partial charge in [0.2, 0.25) is 0 Å². The first-order valence-electron chi connectivity index (χ1n) is 10.8. The van der Waals surface area contributed by atoms with E-state index in [1.807, 2.05) is 55.5 Å². The fourth-order valence-corrected chi connectivity index (χ4v) is 6.05. The summed E-state index contributed by atoms with van der Waals surface area (Å²) >= 11 is 6.30. The monoisotopic (exact) mass is 480 g/mol. The van der Waals surface area contributed by atoms with Crippen molar-refractivity contribution in [3.8, 4) is 0 Å². The number of hydrogen-bond donors (Lipinski definition) is 1. The molecule has 170 valence electrons. The van der Waals surface area contributed by atoms with E-state index in [4.69, 9.17) is 11.6 Å². The summed E-state index contributed by atoms with van der Waals surface area (Å²) in [4.78, 5) is 13.2. The number of carbonyl (C=O) groups is 1. The molecule has 3 aromatic rings. The Hall–Kier alpha value is -3.09. The largest absolute Gasteiger partial charge is 0.351 e. The zero-order valence-electron chi connectivity index (χ0n) is 18.5. The lowest BCUT2D eigenvalue weighted by Gasteiger charge is -2.33. The quantitative estimate of drug-likeness (QED) is 0.528. The van der Waals surface area contributed by atoms with Crippen molar-refractivity contribution in [1.82, 2.24) is 5.32 Å². The number of rotatable bonds is 6. The second-order valence-corrected chi connectivity index (χ2v) is 10.2. The molecule has 1 atom stereocenters. The van der Waals surface area contributed by atoms with Gasteiger partial charge < -0.3 is 5.32 Å². The molecule has 0 radical (unpaired) electrons. The van der Waals surface area contributed by atoms with E-state index in [9.17, 15) is 13.2 Å². The molecule has 0 saturated heterocycles. The molecule has 0 saturated carbocycles. The van der Waals surface area contributed by atoms with Crippen molar-refractivity contribution in [1.29, 1.82) is 0 Å². The van der Waals surface area contributed by atoms with Gasteiger partial charge in [0, 0.05) is 29.2 Å². The molecule has 1 N–H and O–H groups in total. The van der Waals surface area contributed by atoms with Crippen molar-refractivity contribution in [3.05, 3.63) is 105 Å². The van der Waals surface area contributed by atoms with Crippen LogP contribution in [0, 0.1) is 0 Å². The summed E-state index contributed by atoms with van der Waals surface area (Å²) in [6.45, 7) is 4.23. The minimum Gasteiger partial charge on any atom is -0.351 e. The lowest BCUT2D eigenvalue weighted by molar-refractivity contribution is -0.116. The Balaban J connectivity index is 1.84. The van der Waals surface area contributed by atoms with Crippen LogP contribution >= 0.6 is 11.6 Å². The number of sulfonamides is 1. The molecule has 1 aliphatic heterocycles. The Labute approximate surface area is 199 Å². The van der Waals surface area contributed by atoms with Gasteiger partial charge in [-0.1, -0.05) is 79.2 Å². The van der Waals surface area contributed by atoms with Crippen LogP contribution in [0.4, 0.5) is 5.69 Å². The molecule has 3 aromatic carbocycles. The summed E-state index contributed by atoms with van der Waals surface area (Å²) in [5.74, 6) is -0.605. The topological polar surface area (TPSA) is 66.5 Å². The molecule has 0 bridgehead atoms. The number of fused-ring (bicyclic) bond motifs is 1. The zero-order chi connectivity index (χ0) is 23.6. The van der Waals surface area contributed by atoms with Gasteiger partial charge in [-0.15, -0.1) is 0 Å². The molecule has 5 nitrogen and oxygen atoms in total. The summed E-state index contributed by atoms with van der Waals surface area (Å²) < 4.78 is 28.7. The lowest BCUT2D eigenvalue weighted by atomic mass is 9.95. The van der Waals surface area contributed by atoms with Crippen LogP contribution in [0.5, 0.6) is 0 Å². The minimum atomic E-state index is -4.09. The van der Waals surface area contributed by atoms with Crippen molar-refractivity contribution in [2.75, 3.05) is 17.4 Å². The number of carbonyl (C=O) groups excluding carboxylic acids is 1. The Morgan fingerprint density at radius 3 is 2.27 bits per heavy atom. The van der Waals surface area contributed by atoms with Gasteiger partial charge in [0.1, 0.15) is 0 Å². The smallest absolute Gasteiger partial charge is 0.270 e. The molecule has 0 aliphatic carbocycles. The van der Waals surface area contributed by atoms with Crippen LogP contribution in [-0.2, 0) is 14.8 Å². The molecule has 1 heterocycles. The van der Waals surface area contributed by atoms with Gasteiger partial charge in [0.15, 0.2) is 4.91 Å². The van der Waals surface area contributed by atoms with Gasteiger partial charge in [-0.3, -0.25) is 9.10 Å². The van der Waals surface area contributed by atoms with Gasteiger partial charge in [0.25, 0.3) is 15.9 Å². The average Bonchev–Trinajstić information content (AvgIpc) is 2.82. The van der Waals surface area contributed by atoms with E-state index >= 15 is 0 Å². The van der Waals surface area contributed by atoms with E-state index in [0.717, 1.165) is 5.56 Å². The number of benzene rings is 3. The van der Waals surface area contributed by atoms with Gasteiger partial charge >= 0.3 is 0 Å². The van der Waals surface area contributed by atoms with Crippen LogP contribution in [0.3, 0.4) is 0 Å². The zero-order valence-corrected chi connectivity index (χ0v) is 20.0. The second-order valence-electron chi connectivity index (χ2n) is 7.92. The van der Waals surface area contributed by atoms with Crippen molar-refractivity contribution in [3.63, 3.8) is 0 Å². The number of hydrogen-bond acceptors (Lipinski definition) is 3. The van der Waals surface area contributed by atoms with Crippen LogP contribution < -0.4 is 9.62 Å². The van der Waals surface area contributed by atoms with E-state index in [2.05, 4.69) is 5.32 Å². The molecule has 0 spiro atoms. The van der Waals surface area contributed by atoms with Gasteiger partial charge in [-0.05, 0) is 42.2 Å². The molecule has 1 amide bonds. The maximum Gasteiger partial charge on any atom is 0.270 e. The highest BCUT2D eigenvalue weighted by Crippen LogP contribution is 2.43. The third-order valence-corrected chi connectivity index (χ3v) is 7.94. The Bertz CT molecular complexity index is 1310. The number of halogens is 1.